The van der Waals surface area contributed by atoms with Crippen LogP contribution in [0.5, 0.6) is 0 Å². The molecule has 0 bridgehead atoms. The van der Waals surface area contributed by atoms with Crippen LogP contribution in [0.2, 0.25) is 0 Å². The van der Waals surface area contributed by atoms with Crippen LogP contribution in [0.25, 0.3) is 0 Å². The Morgan fingerprint density at radius 2 is 0.342 bits per heavy atom. The van der Waals surface area contributed by atoms with E-state index in [1.807, 2.05) is 0 Å². The minimum Gasteiger partial charge on any atom is -0.392 e. The predicted octanol–water partition coefficient (Wildman–Crippen LogP) is 39.4. The third-order valence-electron chi connectivity index (χ3n) is 30.0. The molecule has 0 radical (unpaired) electrons. The van der Waals surface area contributed by atoms with Crippen molar-refractivity contribution in [3.63, 3.8) is 0 Å². The van der Waals surface area contributed by atoms with E-state index in [-0.39, 0.29) is 33.0 Å². The third kappa shape index (κ3) is 47.0. The first-order chi connectivity index (χ1) is 54.4. The highest BCUT2D eigenvalue weighted by Gasteiger charge is 2.82. The van der Waals surface area contributed by atoms with E-state index >= 15 is 5.11 Å². The van der Waals surface area contributed by atoms with Gasteiger partial charge < -0.3 is 9.29 Å². The maximum atomic E-state index is 16.7. The molecule has 664 valence electrons. The predicted molar refractivity (Wildman–Crippen MR) is 504 cm³/mol. The molecule has 1 N–H and O–H groups in total. The number of carbonyl (C=O) groups excluding carboxylic acids is 1. The van der Waals surface area contributed by atoms with Crippen molar-refractivity contribution in [2.24, 2.45) is 27.1 Å². The Morgan fingerprint density at radius 1 is 0.207 bits per heavy atom. The van der Waals surface area contributed by atoms with Gasteiger partial charge in [0.25, 0.3) is 0 Å². The van der Waals surface area contributed by atoms with Crippen LogP contribution < -0.4 is 0 Å². The van der Waals surface area contributed by atoms with Crippen LogP contribution >= 0.6 is 12.0 Å². The zero-order valence-corrected chi connectivity index (χ0v) is 79.9. The Kier molecular flexibility index (Phi) is 75.6. The Hall–Kier alpha value is -0.220. The number of unbranched alkanes of at least 4 members (excludes halogenated alkanes) is 72. The van der Waals surface area contributed by atoms with Crippen molar-refractivity contribution < 1.29 is 14.1 Å². The van der Waals surface area contributed by atoms with Crippen LogP contribution in [0.3, 0.4) is 0 Å². The van der Waals surface area contributed by atoms with E-state index < -0.39 is 5.60 Å². The molecule has 0 heterocycles. The van der Waals surface area contributed by atoms with Gasteiger partial charge in [-0.25, -0.2) is 0 Å². The lowest BCUT2D eigenvalue weighted by Crippen LogP contribution is -2.81. The van der Waals surface area contributed by atoms with Crippen LogP contribution in [0.15, 0.2) is 0 Å². The lowest BCUT2D eigenvalue weighted by Gasteiger charge is -2.82. The van der Waals surface area contributed by atoms with Gasteiger partial charge in [-0.15, -0.1) is 0 Å². The number of hydrogen-bond acceptors (Lipinski definition) is 4. The molecule has 111 heavy (non-hydrogen) atoms. The van der Waals surface area contributed by atoms with E-state index in [4.69, 9.17) is 4.18 Å². The van der Waals surface area contributed by atoms with Gasteiger partial charge in [-0.2, -0.15) is 0 Å². The summed E-state index contributed by atoms with van der Waals surface area (Å²) in [7, 11) is 0. The van der Waals surface area contributed by atoms with E-state index in [9.17, 15) is 4.79 Å². The monoisotopic (exact) mass is 1580 g/mol. The Morgan fingerprint density at radius 3 is 0.505 bits per heavy atom. The van der Waals surface area contributed by atoms with Gasteiger partial charge in [0.05, 0.1) is 17.6 Å². The van der Waals surface area contributed by atoms with Crippen LogP contribution in [-0.4, -0.2) is 22.4 Å². The Bertz CT molecular complexity index is 1750. The lowest BCUT2D eigenvalue weighted by atomic mass is 9.24. The fourth-order valence-corrected chi connectivity index (χ4v) is 24.2. The summed E-state index contributed by atoms with van der Waals surface area (Å²) in [6.07, 6.45) is 118. The summed E-state index contributed by atoms with van der Waals surface area (Å²) < 4.78 is 6.75. The summed E-state index contributed by atoms with van der Waals surface area (Å²) in [6, 6.07) is 0. The van der Waals surface area contributed by atoms with E-state index in [1.54, 1.807) is 19.0 Å². The van der Waals surface area contributed by atoms with E-state index in [0.717, 1.165) is 25.0 Å². The number of hydrogen-bond donors (Lipinski definition) is 1. The van der Waals surface area contributed by atoms with Crippen molar-refractivity contribution >= 4 is 18.0 Å². The van der Waals surface area contributed by atoms with Gasteiger partial charge in [0.1, 0.15) is 0 Å². The first-order valence-electron chi connectivity index (χ1n) is 52.9. The minimum atomic E-state index is -0.847. The lowest BCUT2D eigenvalue weighted by molar-refractivity contribution is -0.369. The molecule has 1 rings (SSSR count). The van der Waals surface area contributed by atoms with Crippen molar-refractivity contribution in [1.82, 2.24) is 0 Å². The molecule has 2 atom stereocenters. The zero-order chi connectivity index (χ0) is 80.9. The standard InChI is InChI=1S/C107H212O3S/c1-12-20-28-36-44-52-60-68-76-84-92-102(10)104(94-86-78-70-62-54-46-38-30-22-14-3,95-87-79-71-63-55-47-39-31-23-15-4)106(100-111-110-101(9)108,98-90-82-74-66-58-50-42-34-26-18-7)105(96-88-80-72-64-56-48-40-32-24-16-5,97-89-81-73-65-57-49-41-33-25-17-6)103(11,93-85-77-69-61-53-45-37-29-21-13-2)107(102,109)99-91-83-75-67-59-51-43-35-27-19-8/h109H,12-100H2,1-11H3. The van der Waals surface area contributed by atoms with Gasteiger partial charge in [0, 0.05) is 23.5 Å². The SMILES string of the molecule is CCCCCCCCCCCCC1(C)C(O)(CCCCCCCCCCCC)C(C)(CCCCCCCCCCCC)C(CCCCCCCCCCCC)(CCCCCCCCCCCC)C(CCCCCCCCCCCC)(CSOC(C)=O)C1(CCCCCCCCCCCC)CCCCCCCCCCCC. The molecule has 0 aromatic rings. The molecule has 1 aliphatic rings. The van der Waals surface area contributed by atoms with Gasteiger partial charge in [-0.1, -0.05) is 583 Å². The van der Waals surface area contributed by atoms with Crippen LogP contribution in [-0.2, 0) is 8.98 Å². The van der Waals surface area contributed by atoms with Crippen LogP contribution in [0, 0.1) is 27.1 Å². The molecule has 1 fully saturated rings. The van der Waals surface area contributed by atoms with Gasteiger partial charge in [-0.3, -0.25) is 4.79 Å². The fraction of sp³-hybridized carbons (Fsp3) is 0.991. The van der Waals surface area contributed by atoms with Crippen LogP contribution in [0.1, 0.15) is 641 Å². The molecule has 4 heteroatoms. The molecule has 0 aliphatic heterocycles. The van der Waals surface area contributed by atoms with Crippen molar-refractivity contribution in [2.75, 3.05) is 5.75 Å². The van der Waals surface area contributed by atoms with Crippen molar-refractivity contribution in [1.29, 1.82) is 0 Å². The molecule has 2 unspecified atom stereocenters. The van der Waals surface area contributed by atoms with Crippen molar-refractivity contribution in [2.45, 2.75) is 647 Å². The van der Waals surface area contributed by atoms with E-state index in [0.29, 0.717) is 0 Å². The number of carbonyl (C=O) groups is 1. The second kappa shape index (κ2) is 77.1. The zero-order valence-electron chi connectivity index (χ0n) is 79.1. The van der Waals surface area contributed by atoms with Crippen molar-refractivity contribution in [3.8, 4) is 0 Å². The highest BCUT2D eigenvalue weighted by atomic mass is 32.2. The minimum absolute atomic E-state index is 0.103. The number of rotatable bonds is 91. The Balaban J connectivity index is 5.05. The smallest absolute Gasteiger partial charge is 0.314 e. The second-order valence-electron chi connectivity index (χ2n) is 39.1. The molecule has 3 nitrogen and oxygen atoms in total. The molecule has 0 amide bonds. The van der Waals surface area contributed by atoms with E-state index in [2.05, 4.69) is 69.2 Å². The molecule has 1 aliphatic carbocycles. The maximum absolute atomic E-state index is 16.7. The van der Waals surface area contributed by atoms with E-state index in [1.165, 1.54) is 546 Å². The molecular weight excluding hydrogens is 1370 g/mol. The highest BCUT2D eigenvalue weighted by molar-refractivity contribution is 7.95. The molecule has 1 saturated carbocycles. The summed E-state index contributed by atoms with van der Waals surface area (Å²) in [4.78, 5) is 14.0. The highest BCUT2D eigenvalue weighted by Crippen LogP contribution is 2.84. The van der Waals surface area contributed by atoms with Gasteiger partial charge >= 0.3 is 5.97 Å². The average Bonchev–Trinajstić information content (AvgIpc) is 0.642. The topological polar surface area (TPSA) is 46.5 Å². The van der Waals surface area contributed by atoms with Gasteiger partial charge in [-0.05, 0) is 67.6 Å². The summed E-state index contributed by atoms with van der Waals surface area (Å²) in [5.74, 6) is 0.818. The van der Waals surface area contributed by atoms with Gasteiger partial charge in [0.15, 0.2) is 0 Å². The second-order valence-corrected chi connectivity index (χ2v) is 39.8. The largest absolute Gasteiger partial charge is 0.392 e. The van der Waals surface area contributed by atoms with Crippen molar-refractivity contribution in [3.05, 3.63) is 0 Å². The molecule has 0 spiro atoms. The maximum Gasteiger partial charge on any atom is 0.314 e. The normalized spacial score (nSPS) is 19.0. The van der Waals surface area contributed by atoms with Crippen LogP contribution in [0.4, 0.5) is 0 Å². The number of aliphatic hydroxyl groups is 1. The first-order valence-corrected chi connectivity index (χ1v) is 53.8. The Labute approximate surface area is 707 Å². The average molecular weight is 1580 g/mol. The molecule has 0 aromatic heterocycles. The third-order valence-corrected chi connectivity index (χ3v) is 31.0. The molecule has 0 saturated heterocycles. The summed E-state index contributed by atoms with van der Waals surface area (Å²) in [6.45, 7) is 26.6. The molecule has 0 aromatic carbocycles. The fourth-order valence-electron chi connectivity index (χ4n) is 23.1. The molecular formula is C107H212O3S. The quantitative estimate of drug-likeness (QED) is 0.0487. The first kappa shape index (κ1) is 109. The summed E-state index contributed by atoms with van der Waals surface area (Å²) in [5, 5.41) is 16.7. The summed E-state index contributed by atoms with van der Waals surface area (Å²) in [5.41, 5.74) is -1.89. The summed E-state index contributed by atoms with van der Waals surface area (Å²) >= 11 is 1.68. The van der Waals surface area contributed by atoms with Gasteiger partial charge in [0.2, 0.25) is 0 Å².